The lowest BCUT2D eigenvalue weighted by Gasteiger charge is -2.34. The second kappa shape index (κ2) is 12.1. The molecule has 1 heterocycles. The molecular formula is C19H29F2IN4O. The van der Waals surface area contributed by atoms with Crippen LogP contribution in [0.4, 0.5) is 8.78 Å². The highest BCUT2D eigenvalue weighted by Crippen LogP contribution is 2.20. The Hall–Kier alpha value is -1.45. The Morgan fingerprint density at radius 3 is 2.41 bits per heavy atom. The Bertz CT molecular complexity index is 614. The van der Waals surface area contributed by atoms with Gasteiger partial charge < -0.3 is 15.5 Å². The van der Waals surface area contributed by atoms with Gasteiger partial charge in [0.25, 0.3) is 0 Å². The van der Waals surface area contributed by atoms with Crippen molar-refractivity contribution in [2.75, 3.05) is 33.2 Å². The van der Waals surface area contributed by atoms with Crippen LogP contribution in [0.15, 0.2) is 23.2 Å². The van der Waals surface area contributed by atoms with Gasteiger partial charge in [0.1, 0.15) is 11.6 Å². The summed E-state index contributed by atoms with van der Waals surface area (Å²) in [6.07, 6.45) is 2.96. The van der Waals surface area contributed by atoms with Crippen molar-refractivity contribution < 1.29 is 13.6 Å². The number of halogens is 3. The summed E-state index contributed by atoms with van der Waals surface area (Å²) in [6.45, 7) is 4.93. The first-order valence-corrected chi connectivity index (χ1v) is 9.20. The second-order valence-electron chi connectivity index (χ2n) is 6.57. The van der Waals surface area contributed by atoms with Gasteiger partial charge in [-0.25, -0.2) is 8.78 Å². The number of amides is 1. The highest BCUT2D eigenvalue weighted by atomic mass is 127. The molecule has 0 spiro atoms. The fourth-order valence-corrected chi connectivity index (χ4v) is 3.19. The van der Waals surface area contributed by atoms with Crippen LogP contribution in [0.2, 0.25) is 0 Å². The van der Waals surface area contributed by atoms with Crippen molar-refractivity contribution in [2.45, 2.75) is 32.6 Å². The van der Waals surface area contributed by atoms with Crippen molar-refractivity contribution in [3.05, 3.63) is 35.4 Å². The number of rotatable bonds is 6. The van der Waals surface area contributed by atoms with Crippen LogP contribution in [-0.2, 0) is 11.2 Å². The van der Waals surface area contributed by atoms with Crippen molar-refractivity contribution in [3.63, 3.8) is 0 Å². The molecule has 0 aliphatic carbocycles. The fraction of sp³-hybridized carbons (Fsp3) is 0.579. The third-order valence-corrected chi connectivity index (χ3v) is 4.59. The zero-order chi connectivity index (χ0) is 18.9. The molecule has 27 heavy (non-hydrogen) atoms. The van der Waals surface area contributed by atoms with Crippen LogP contribution in [-0.4, -0.2) is 50.0 Å². The average molecular weight is 494 g/mol. The van der Waals surface area contributed by atoms with E-state index in [2.05, 4.69) is 20.5 Å². The third-order valence-electron chi connectivity index (χ3n) is 4.59. The van der Waals surface area contributed by atoms with Crippen LogP contribution in [0.3, 0.4) is 0 Å². The topological polar surface area (TPSA) is 56.7 Å². The summed E-state index contributed by atoms with van der Waals surface area (Å²) in [5.74, 6) is 0.196. The average Bonchev–Trinajstić information content (AvgIpc) is 2.61. The lowest BCUT2D eigenvalue weighted by Crippen LogP contribution is -2.46. The van der Waals surface area contributed by atoms with Gasteiger partial charge in [-0.15, -0.1) is 24.0 Å². The van der Waals surface area contributed by atoms with Crippen LogP contribution in [0.5, 0.6) is 0 Å². The number of benzene rings is 1. The number of nitrogens with zero attached hydrogens (tertiary/aromatic N) is 2. The Morgan fingerprint density at radius 2 is 1.85 bits per heavy atom. The third kappa shape index (κ3) is 7.98. The minimum Gasteiger partial charge on any atom is -0.359 e. The molecule has 1 saturated heterocycles. The SMILES string of the molecule is CCNC(=NCCc1cc(F)cc(F)c1)N1CCC(CC(=O)NC)CC1.I. The Morgan fingerprint density at radius 1 is 1.22 bits per heavy atom. The Labute approximate surface area is 177 Å². The molecule has 1 amide bonds. The van der Waals surface area contributed by atoms with Gasteiger partial charge >= 0.3 is 0 Å². The predicted octanol–water partition coefficient (Wildman–Crippen LogP) is 2.94. The molecule has 152 valence electrons. The van der Waals surface area contributed by atoms with Gasteiger partial charge in [0, 0.05) is 45.7 Å². The minimum absolute atomic E-state index is 0. The van der Waals surface area contributed by atoms with Gasteiger partial charge in [0.15, 0.2) is 5.96 Å². The normalized spacial score (nSPS) is 15.3. The minimum atomic E-state index is -0.561. The molecule has 1 fully saturated rings. The lowest BCUT2D eigenvalue weighted by molar-refractivity contribution is -0.121. The molecular weight excluding hydrogens is 465 g/mol. The number of likely N-dealkylation sites (tertiary alicyclic amines) is 1. The molecule has 0 atom stereocenters. The van der Waals surface area contributed by atoms with Crippen molar-refractivity contribution in [3.8, 4) is 0 Å². The summed E-state index contributed by atoms with van der Waals surface area (Å²) < 4.78 is 26.5. The highest BCUT2D eigenvalue weighted by Gasteiger charge is 2.22. The van der Waals surface area contributed by atoms with Gasteiger partial charge in [-0.1, -0.05) is 0 Å². The van der Waals surface area contributed by atoms with Crippen LogP contribution < -0.4 is 10.6 Å². The molecule has 2 rings (SSSR count). The summed E-state index contributed by atoms with van der Waals surface area (Å²) in [5, 5.41) is 5.95. The first kappa shape index (κ1) is 23.6. The van der Waals surface area contributed by atoms with E-state index in [1.807, 2.05) is 6.92 Å². The first-order chi connectivity index (χ1) is 12.5. The summed E-state index contributed by atoms with van der Waals surface area (Å²) in [7, 11) is 1.66. The number of hydrogen-bond acceptors (Lipinski definition) is 2. The molecule has 1 aromatic rings. The van der Waals surface area contributed by atoms with Crippen LogP contribution in [0.1, 0.15) is 31.7 Å². The molecule has 0 aromatic heterocycles. The van der Waals surface area contributed by atoms with Crippen LogP contribution >= 0.6 is 24.0 Å². The molecule has 0 radical (unpaired) electrons. The van der Waals surface area contributed by atoms with Crippen LogP contribution in [0, 0.1) is 17.6 Å². The molecule has 1 aliphatic heterocycles. The molecule has 0 saturated carbocycles. The van der Waals surface area contributed by atoms with Crippen molar-refractivity contribution in [2.24, 2.45) is 10.9 Å². The van der Waals surface area contributed by atoms with Crippen LogP contribution in [0.25, 0.3) is 0 Å². The molecule has 1 aromatic carbocycles. The van der Waals surface area contributed by atoms with E-state index in [1.54, 1.807) is 7.05 Å². The standard InChI is InChI=1S/C19H28F2N4O.HI/c1-3-23-19(24-7-4-15-10-16(20)13-17(21)11-15)25-8-5-14(6-9-25)12-18(26)22-2;/h10-11,13-14H,3-9,12H2,1-2H3,(H,22,26)(H,23,24);1H. The molecule has 5 nitrogen and oxygen atoms in total. The zero-order valence-electron chi connectivity index (χ0n) is 15.9. The molecule has 1 aliphatic rings. The van der Waals surface area contributed by atoms with E-state index in [0.717, 1.165) is 44.5 Å². The number of nitrogens with one attached hydrogen (secondary N) is 2. The van der Waals surface area contributed by atoms with E-state index < -0.39 is 11.6 Å². The maximum absolute atomic E-state index is 13.3. The van der Waals surface area contributed by atoms with E-state index >= 15 is 0 Å². The second-order valence-corrected chi connectivity index (χ2v) is 6.57. The number of piperidine rings is 1. The van der Waals surface area contributed by atoms with Gasteiger partial charge in [-0.3, -0.25) is 9.79 Å². The van der Waals surface area contributed by atoms with E-state index in [4.69, 9.17) is 0 Å². The highest BCUT2D eigenvalue weighted by molar-refractivity contribution is 14.0. The van der Waals surface area contributed by atoms with Gasteiger partial charge in [0.05, 0.1) is 0 Å². The quantitative estimate of drug-likeness (QED) is 0.364. The maximum atomic E-state index is 13.3. The predicted molar refractivity (Wildman–Crippen MR) is 114 cm³/mol. The molecule has 8 heteroatoms. The number of carbonyl (C=O) groups is 1. The first-order valence-electron chi connectivity index (χ1n) is 9.20. The van der Waals surface area contributed by atoms with E-state index in [9.17, 15) is 13.6 Å². The fourth-order valence-electron chi connectivity index (χ4n) is 3.19. The maximum Gasteiger partial charge on any atom is 0.220 e. The number of aliphatic imine (C=N–C) groups is 1. The van der Waals surface area contributed by atoms with E-state index in [-0.39, 0.29) is 29.9 Å². The van der Waals surface area contributed by atoms with Crippen molar-refractivity contribution in [1.82, 2.24) is 15.5 Å². The Balaban J connectivity index is 0.00000364. The number of guanidine groups is 1. The van der Waals surface area contributed by atoms with Gasteiger partial charge in [-0.05, 0) is 49.8 Å². The van der Waals surface area contributed by atoms with E-state index in [1.165, 1.54) is 12.1 Å². The summed E-state index contributed by atoms with van der Waals surface area (Å²) in [5.41, 5.74) is 0.603. The lowest BCUT2D eigenvalue weighted by atomic mass is 9.93. The number of carbonyl (C=O) groups excluding carboxylic acids is 1. The van der Waals surface area contributed by atoms with Crippen molar-refractivity contribution in [1.29, 1.82) is 0 Å². The Kier molecular flexibility index (Phi) is 10.6. The monoisotopic (exact) mass is 494 g/mol. The van der Waals surface area contributed by atoms with E-state index in [0.29, 0.717) is 30.9 Å². The molecule has 0 unspecified atom stereocenters. The summed E-state index contributed by atoms with van der Waals surface area (Å²) >= 11 is 0. The van der Waals surface area contributed by atoms with Gasteiger partial charge in [-0.2, -0.15) is 0 Å². The van der Waals surface area contributed by atoms with Gasteiger partial charge in [0.2, 0.25) is 5.91 Å². The smallest absolute Gasteiger partial charge is 0.220 e. The molecule has 2 N–H and O–H groups in total. The number of hydrogen-bond donors (Lipinski definition) is 2. The zero-order valence-corrected chi connectivity index (χ0v) is 18.3. The van der Waals surface area contributed by atoms with Crippen molar-refractivity contribution >= 4 is 35.8 Å². The largest absolute Gasteiger partial charge is 0.359 e. The summed E-state index contributed by atoms with van der Waals surface area (Å²) in [4.78, 5) is 18.3. The summed E-state index contributed by atoms with van der Waals surface area (Å²) in [6, 6.07) is 3.56. The molecule has 0 bridgehead atoms.